The zero-order valence-electron chi connectivity index (χ0n) is 10.1. The maximum atomic E-state index is 4.60. The number of hydrogen-bond acceptors (Lipinski definition) is 1. The van der Waals surface area contributed by atoms with Gasteiger partial charge >= 0.3 is 0 Å². The molecule has 0 saturated heterocycles. The minimum Gasteiger partial charge on any atom is -0.310 e. The fourth-order valence-corrected chi connectivity index (χ4v) is 0.680. The standard InChI is InChI=1S/C8H10N2.C3H4.C2H6/c1-3-4-5-10-7-9-6-8(10)2;1-3-2;1-2/h3-7H,1H2,2H3;1H,2H3;1-2H3/b5-4-;;. The van der Waals surface area contributed by atoms with Crippen LogP contribution < -0.4 is 0 Å². The number of aromatic nitrogens is 2. The molecule has 0 aliphatic carbocycles. The first-order valence-corrected chi connectivity index (χ1v) is 4.91. The molecule has 0 aromatic carbocycles. The zero-order chi connectivity index (χ0) is 12.1. The Bertz CT molecular complexity index is 314. The highest BCUT2D eigenvalue weighted by Gasteiger charge is 1.87. The molecule has 2 heteroatoms. The summed E-state index contributed by atoms with van der Waals surface area (Å²) in [4.78, 5) is 3.95. The number of terminal acetylenes is 1. The second-order valence-electron chi connectivity index (χ2n) is 2.31. The Morgan fingerprint density at radius 1 is 1.53 bits per heavy atom. The van der Waals surface area contributed by atoms with Crippen molar-refractivity contribution in [2.24, 2.45) is 0 Å². The van der Waals surface area contributed by atoms with E-state index in [0.717, 1.165) is 5.69 Å². The van der Waals surface area contributed by atoms with Gasteiger partial charge in [0.1, 0.15) is 0 Å². The van der Waals surface area contributed by atoms with Gasteiger partial charge in [0.05, 0.1) is 6.33 Å². The highest BCUT2D eigenvalue weighted by molar-refractivity contribution is 5.28. The molecule has 0 aliphatic heterocycles. The molecule has 0 unspecified atom stereocenters. The Morgan fingerprint density at radius 3 is 2.40 bits per heavy atom. The van der Waals surface area contributed by atoms with Crippen molar-refractivity contribution in [2.45, 2.75) is 27.7 Å². The minimum absolute atomic E-state index is 1.12. The van der Waals surface area contributed by atoms with Crippen LogP contribution in [0.15, 0.2) is 31.3 Å². The van der Waals surface area contributed by atoms with Gasteiger partial charge in [-0.05, 0) is 19.9 Å². The molecule has 1 heterocycles. The Balaban J connectivity index is 0. The predicted molar refractivity (Wildman–Crippen MR) is 68.3 cm³/mol. The van der Waals surface area contributed by atoms with E-state index in [-0.39, 0.29) is 0 Å². The van der Waals surface area contributed by atoms with Gasteiger partial charge in [-0.15, -0.1) is 12.3 Å². The van der Waals surface area contributed by atoms with Crippen molar-refractivity contribution >= 4 is 6.20 Å². The summed E-state index contributed by atoms with van der Waals surface area (Å²) >= 11 is 0. The molecular weight excluding hydrogens is 184 g/mol. The van der Waals surface area contributed by atoms with Crippen LogP contribution in [-0.2, 0) is 0 Å². The fraction of sp³-hybridized carbons (Fsp3) is 0.308. The number of allylic oxidation sites excluding steroid dienone is 2. The quantitative estimate of drug-likeness (QED) is 0.532. The third-order valence-corrected chi connectivity index (χ3v) is 1.24. The maximum absolute atomic E-state index is 4.60. The van der Waals surface area contributed by atoms with Crippen molar-refractivity contribution in [1.82, 2.24) is 9.55 Å². The van der Waals surface area contributed by atoms with Crippen molar-refractivity contribution < 1.29 is 0 Å². The highest BCUT2D eigenvalue weighted by Crippen LogP contribution is 1.96. The number of imidazole rings is 1. The average molecular weight is 204 g/mol. The van der Waals surface area contributed by atoms with Crippen LogP contribution in [-0.4, -0.2) is 9.55 Å². The van der Waals surface area contributed by atoms with Gasteiger partial charge in [0, 0.05) is 18.1 Å². The lowest BCUT2D eigenvalue weighted by atomic mass is 10.5. The molecule has 1 aromatic rings. The normalized spacial score (nSPS) is 7.93. The van der Waals surface area contributed by atoms with Crippen LogP contribution in [0, 0.1) is 19.3 Å². The van der Waals surface area contributed by atoms with Crippen LogP contribution in [0.4, 0.5) is 0 Å². The van der Waals surface area contributed by atoms with Crippen LogP contribution in [0.5, 0.6) is 0 Å². The molecule has 0 N–H and O–H groups in total. The summed E-state index contributed by atoms with van der Waals surface area (Å²) in [5.74, 6) is 2.25. The fourth-order valence-electron chi connectivity index (χ4n) is 0.680. The molecule has 0 aliphatic rings. The van der Waals surface area contributed by atoms with Gasteiger partial charge in [-0.3, -0.25) is 0 Å². The van der Waals surface area contributed by atoms with Gasteiger partial charge in [-0.25, -0.2) is 4.98 Å². The Labute approximate surface area is 93.4 Å². The van der Waals surface area contributed by atoms with E-state index in [2.05, 4.69) is 23.9 Å². The largest absolute Gasteiger partial charge is 0.310 e. The van der Waals surface area contributed by atoms with E-state index >= 15 is 0 Å². The topological polar surface area (TPSA) is 17.8 Å². The lowest BCUT2D eigenvalue weighted by molar-refractivity contribution is 1.07. The van der Waals surface area contributed by atoms with Crippen LogP contribution in [0.3, 0.4) is 0 Å². The third-order valence-electron chi connectivity index (χ3n) is 1.24. The first-order valence-electron chi connectivity index (χ1n) is 4.91. The summed E-state index contributed by atoms with van der Waals surface area (Å²) in [7, 11) is 0. The molecule has 0 amide bonds. The van der Waals surface area contributed by atoms with E-state index in [1.54, 1.807) is 19.3 Å². The molecule has 0 bridgehead atoms. The van der Waals surface area contributed by atoms with Crippen molar-refractivity contribution in [1.29, 1.82) is 0 Å². The average Bonchev–Trinajstić information content (AvgIpc) is 2.65. The van der Waals surface area contributed by atoms with Gasteiger partial charge in [0.15, 0.2) is 0 Å². The highest BCUT2D eigenvalue weighted by atomic mass is 15.0. The van der Waals surface area contributed by atoms with E-state index in [4.69, 9.17) is 0 Å². The molecular formula is C13H20N2. The summed E-state index contributed by atoms with van der Waals surface area (Å²) in [5, 5.41) is 0. The summed E-state index contributed by atoms with van der Waals surface area (Å²) in [5.41, 5.74) is 1.12. The summed E-state index contributed by atoms with van der Waals surface area (Å²) in [6, 6.07) is 0. The molecule has 1 rings (SSSR count). The zero-order valence-corrected chi connectivity index (χ0v) is 10.1. The van der Waals surface area contributed by atoms with Crippen LogP contribution in [0.25, 0.3) is 6.20 Å². The van der Waals surface area contributed by atoms with Crippen LogP contribution in [0.2, 0.25) is 0 Å². The Kier molecular flexibility index (Phi) is 12.8. The Morgan fingerprint density at radius 2 is 2.07 bits per heavy atom. The number of aryl methyl sites for hydroxylation is 1. The van der Waals surface area contributed by atoms with E-state index in [9.17, 15) is 0 Å². The molecule has 0 fully saturated rings. The molecule has 0 spiro atoms. The van der Waals surface area contributed by atoms with Gasteiger partial charge in [0.25, 0.3) is 0 Å². The predicted octanol–water partition coefficient (Wildman–Crippen LogP) is 3.51. The monoisotopic (exact) mass is 204 g/mol. The van der Waals surface area contributed by atoms with E-state index < -0.39 is 0 Å². The van der Waals surface area contributed by atoms with Gasteiger partial charge < -0.3 is 4.57 Å². The summed E-state index contributed by atoms with van der Waals surface area (Å²) in [6.07, 6.45) is 13.7. The van der Waals surface area contributed by atoms with Crippen LogP contribution >= 0.6 is 0 Å². The van der Waals surface area contributed by atoms with Gasteiger partial charge in [-0.1, -0.05) is 26.5 Å². The second-order valence-corrected chi connectivity index (χ2v) is 2.31. The van der Waals surface area contributed by atoms with Crippen LogP contribution in [0.1, 0.15) is 26.5 Å². The minimum atomic E-state index is 1.12. The van der Waals surface area contributed by atoms with E-state index in [1.165, 1.54) is 0 Å². The van der Waals surface area contributed by atoms with E-state index in [1.807, 2.05) is 43.8 Å². The van der Waals surface area contributed by atoms with E-state index in [0.29, 0.717) is 0 Å². The summed E-state index contributed by atoms with van der Waals surface area (Å²) in [6.45, 7) is 11.2. The van der Waals surface area contributed by atoms with Crippen molar-refractivity contribution in [2.75, 3.05) is 0 Å². The number of rotatable bonds is 2. The smallest absolute Gasteiger partial charge is 0.0989 e. The lowest BCUT2D eigenvalue weighted by Gasteiger charge is -1.92. The number of nitrogens with zero attached hydrogens (tertiary/aromatic N) is 2. The second kappa shape index (κ2) is 12.2. The maximum Gasteiger partial charge on any atom is 0.0989 e. The molecule has 0 atom stereocenters. The first kappa shape index (κ1) is 15.7. The lowest BCUT2D eigenvalue weighted by Crippen LogP contribution is -1.84. The van der Waals surface area contributed by atoms with Crippen molar-refractivity contribution in [3.8, 4) is 12.3 Å². The van der Waals surface area contributed by atoms with Gasteiger partial charge in [0.2, 0.25) is 0 Å². The Hall–Kier alpha value is -1.75. The molecule has 2 nitrogen and oxygen atoms in total. The molecule has 0 saturated carbocycles. The molecule has 0 radical (unpaired) electrons. The van der Waals surface area contributed by atoms with Crippen molar-refractivity contribution in [3.05, 3.63) is 36.9 Å². The number of hydrogen-bond donors (Lipinski definition) is 0. The van der Waals surface area contributed by atoms with Crippen molar-refractivity contribution in [3.63, 3.8) is 0 Å². The first-order chi connectivity index (χ1) is 7.26. The third kappa shape index (κ3) is 8.58. The molecule has 1 aromatic heterocycles. The molecule has 82 valence electrons. The van der Waals surface area contributed by atoms with Gasteiger partial charge in [-0.2, -0.15) is 0 Å². The molecule has 15 heavy (non-hydrogen) atoms. The SMILES string of the molecule is C#CC.C=C/C=C\n1cncc1C.CC. The summed E-state index contributed by atoms with van der Waals surface area (Å²) < 4.78 is 1.93.